The Morgan fingerprint density at radius 2 is 1.79 bits per heavy atom. The molecule has 8 heteroatoms. The van der Waals surface area contributed by atoms with Crippen LogP contribution in [0.2, 0.25) is 0 Å². The first-order valence-electron chi connectivity index (χ1n) is 11.3. The summed E-state index contributed by atoms with van der Waals surface area (Å²) in [4.78, 5) is 27.0. The Hall–Kier alpha value is -3.68. The zero-order valence-corrected chi connectivity index (χ0v) is 18.8. The summed E-state index contributed by atoms with van der Waals surface area (Å²) in [5.41, 5.74) is 0.671. The van der Waals surface area contributed by atoms with Crippen molar-refractivity contribution in [2.45, 2.75) is 32.2 Å². The van der Waals surface area contributed by atoms with Crippen molar-refractivity contribution in [1.29, 1.82) is 0 Å². The van der Waals surface area contributed by atoms with Crippen LogP contribution in [-0.4, -0.2) is 33.8 Å². The molecule has 1 aliphatic heterocycles. The van der Waals surface area contributed by atoms with E-state index in [1.165, 1.54) is 16.9 Å². The standard InChI is InChI=1S/C26H23F2N3O3/c1-3-29-14-31(30-11-10-20(32)23(33)22(30)24(29)34)26-17-7-5-4-6-15(17)12-25(26,2)13-16-18(26)8-9-19(27)21(16)28/h4-11,33H,3,12-14H2,1-2H3. The summed E-state index contributed by atoms with van der Waals surface area (Å²) in [6, 6.07) is 11.9. The molecule has 2 aromatic carbocycles. The van der Waals surface area contributed by atoms with Crippen LogP contribution in [-0.2, 0) is 18.4 Å². The smallest absolute Gasteiger partial charge is 0.277 e. The average molecular weight is 463 g/mol. The molecule has 2 unspecified atom stereocenters. The van der Waals surface area contributed by atoms with Gasteiger partial charge in [-0.1, -0.05) is 37.3 Å². The molecular weight excluding hydrogens is 440 g/mol. The van der Waals surface area contributed by atoms with Gasteiger partial charge in [-0.25, -0.2) is 8.78 Å². The van der Waals surface area contributed by atoms with E-state index in [0.29, 0.717) is 30.5 Å². The summed E-state index contributed by atoms with van der Waals surface area (Å²) < 4.78 is 31.0. The number of hydrogen-bond donors (Lipinski definition) is 1. The van der Waals surface area contributed by atoms with Gasteiger partial charge in [0.2, 0.25) is 5.43 Å². The quantitative estimate of drug-likeness (QED) is 0.634. The number of aromatic nitrogens is 1. The molecule has 1 N–H and O–H groups in total. The van der Waals surface area contributed by atoms with Crippen molar-refractivity contribution in [3.8, 4) is 5.75 Å². The molecule has 2 aliphatic carbocycles. The molecular formula is C26H23F2N3O3. The highest BCUT2D eigenvalue weighted by molar-refractivity contribution is 5.96. The third-order valence-corrected chi connectivity index (χ3v) is 7.89. The molecule has 2 atom stereocenters. The van der Waals surface area contributed by atoms with Gasteiger partial charge in [0.05, 0.1) is 0 Å². The van der Waals surface area contributed by atoms with Crippen LogP contribution in [0.4, 0.5) is 8.78 Å². The van der Waals surface area contributed by atoms with Gasteiger partial charge in [0.15, 0.2) is 23.1 Å². The predicted octanol–water partition coefficient (Wildman–Crippen LogP) is 3.27. The van der Waals surface area contributed by atoms with Crippen molar-refractivity contribution >= 4 is 5.91 Å². The molecule has 0 spiro atoms. The van der Waals surface area contributed by atoms with Gasteiger partial charge in [-0.15, -0.1) is 0 Å². The average Bonchev–Trinajstić information content (AvgIpc) is 3.23. The normalized spacial score (nSPS) is 24.6. The van der Waals surface area contributed by atoms with Gasteiger partial charge in [0, 0.05) is 24.2 Å². The number of nitrogens with zero attached hydrogens (tertiary/aromatic N) is 3. The van der Waals surface area contributed by atoms with Gasteiger partial charge >= 0.3 is 0 Å². The Kier molecular flexibility index (Phi) is 4.11. The molecule has 34 heavy (non-hydrogen) atoms. The van der Waals surface area contributed by atoms with Gasteiger partial charge < -0.3 is 10.0 Å². The van der Waals surface area contributed by atoms with Crippen molar-refractivity contribution in [1.82, 2.24) is 9.58 Å². The second-order valence-corrected chi connectivity index (χ2v) is 9.59. The number of halogens is 2. The number of pyridine rings is 1. The van der Waals surface area contributed by atoms with Gasteiger partial charge in [0.1, 0.15) is 12.2 Å². The van der Waals surface area contributed by atoms with E-state index in [2.05, 4.69) is 6.92 Å². The minimum atomic E-state index is -0.960. The first-order valence-corrected chi connectivity index (χ1v) is 11.3. The highest BCUT2D eigenvalue weighted by Crippen LogP contribution is 2.63. The highest BCUT2D eigenvalue weighted by Gasteiger charge is 2.65. The third-order valence-electron chi connectivity index (χ3n) is 7.89. The SMILES string of the molecule is CCN1CN(C23c4ccccc4CC2(C)Cc2c3ccc(F)c2F)n2ccc(=O)c(O)c2C1=O. The number of hydrogen-bond acceptors (Lipinski definition) is 4. The fraction of sp³-hybridized carbons (Fsp3) is 0.308. The monoisotopic (exact) mass is 463 g/mol. The first-order chi connectivity index (χ1) is 16.2. The van der Waals surface area contributed by atoms with Crippen molar-refractivity contribution in [3.63, 3.8) is 0 Å². The summed E-state index contributed by atoms with van der Waals surface area (Å²) >= 11 is 0. The lowest BCUT2D eigenvalue weighted by Crippen LogP contribution is -2.65. The van der Waals surface area contributed by atoms with E-state index < -0.39 is 39.7 Å². The van der Waals surface area contributed by atoms with E-state index in [9.17, 15) is 19.1 Å². The first kappa shape index (κ1) is 20.9. The second-order valence-electron chi connectivity index (χ2n) is 9.59. The predicted molar refractivity (Wildman–Crippen MR) is 121 cm³/mol. The largest absolute Gasteiger partial charge is 0.502 e. The lowest BCUT2D eigenvalue weighted by molar-refractivity contribution is 0.0619. The number of rotatable bonds is 2. The van der Waals surface area contributed by atoms with Gasteiger partial charge in [-0.05, 0) is 48.1 Å². The third kappa shape index (κ3) is 2.28. The van der Waals surface area contributed by atoms with Gasteiger partial charge in [-0.3, -0.25) is 19.3 Å². The lowest BCUT2D eigenvalue weighted by atomic mass is 9.71. The zero-order chi connectivity index (χ0) is 24.0. The van der Waals surface area contributed by atoms with Crippen LogP contribution in [0, 0.1) is 17.0 Å². The van der Waals surface area contributed by atoms with E-state index in [-0.39, 0.29) is 12.4 Å². The minimum absolute atomic E-state index is 0.127. The van der Waals surface area contributed by atoms with E-state index in [0.717, 1.165) is 17.2 Å². The molecule has 1 amide bonds. The van der Waals surface area contributed by atoms with Crippen molar-refractivity contribution in [2.24, 2.45) is 5.41 Å². The Labute approximate surface area is 194 Å². The second kappa shape index (κ2) is 6.68. The maximum absolute atomic E-state index is 15.2. The molecule has 174 valence electrons. The molecule has 0 saturated carbocycles. The minimum Gasteiger partial charge on any atom is -0.502 e. The van der Waals surface area contributed by atoms with Crippen molar-refractivity contribution in [3.05, 3.63) is 98.5 Å². The molecule has 2 heterocycles. The summed E-state index contributed by atoms with van der Waals surface area (Å²) in [5, 5.41) is 12.6. The van der Waals surface area contributed by atoms with E-state index >= 15 is 4.39 Å². The number of benzene rings is 2. The summed E-state index contributed by atoms with van der Waals surface area (Å²) in [7, 11) is 0. The summed E-state index contributed by atoms with van der Waals surface area (Å²) in [6.07, 6.45) is 2.41. The fourth-order valence-electron chi connectivity index (χ4n) is 6.52. The van der Waals surface area contributed by atoms with Crippen molar-refractivity contribution < 1.29 is 18.7 Å². The van der Waals surface area contributed by atoms with Crippen molar-refractivity contribution in [2.75, 3.05) is 18.2 Å². The molecule has 0 fully saturated rings. The highest BCUT2D eigenvalue weighted by atomic mass is 19.2. The van der Waals surface area contributed by atoms with E-state index in [4.69, 9.17) is 0 Å². The summed E-state index contributed by atoms with van der Waals surface area (Å²) in [5.74, 6) is -2.82. The van der Waals surface area contributed by atoms with Crippen LogP contribution in [0.25, 0.3) is 0 Å². The molecule has 1 aromatic heterocycles. The van der Waals surface area contributed by atoms with Crippen LogP contribution >= 0.6 is 0 Å². The number of amides is 1. The number of fused-ring (bicyclic) bond motifs is 6. The Morgan fingerprint density at radius 1 is 1.03 bits per heavy atom. The summed E-state index contributed by atoms with van der Waals surface area (Å²) in [6.45, 7) is 4.37. The molecule has 0 radical (unpaired) electrons. The molecule has 0 bridgehead atoms. The van der Waals surface area contributed by atoms with Crippen LogP contribution in [0.5, 0.6) is 5.75 Å². The molecule has 3 aliphatic rings. The van der Waals surface area contributed by atoms with Crippen LogP contribution in [0.15, 0.2) is 53.5 Å². The Morgan fingerprint density at radius 3 is 2.56 bits per heavy atom. The van der Waals surface area contributed by atoms with Gasteiger partial charge in [0.25, 0.3) is 5.91 Å². The lowest BCUT2D eigenvalue weighted by Gasteiger charge is -2.53. The van der Waals surface area contributed by atoms with Crippen LogP contribution in [0.1, 0.15) is 46.6 Å². The van der Waals surface area contributed by atoms with E-state index in [1.807, 2.05) is 36.2 Å². The maximum atomic E-state index is 15.2. The Balaban J connectivity index is 1.74. The van der Waals surface area contributed by atoms with Gasteiger partial charge in [-0.2, -0.15) is 0 Å². The van der Waals surface area contributed by atoms with Crippen LogP contribution < -0.4 is 10.4 Å². The van der Waals surface area contributed by atoms with E-state index in [1.54, 1.807) is 11.0 Å². The Bertz CT molecular complexity index is 1450. The zero-order valence-electron chi connectivity index (χ0n) is 18.8. The van der Waals surface area contributed by atoms with Crippen LogP contribution in [0.3, 0.4) is 0 Å². The topological polar surface area (TPSA) is 65.8 Å². The maximum Gasteiger partial charge on any atom is 0.277 e. The molecule has 3 aromatic rings. The fourth-order valence-corrected chi connectivity index (χ4v) is 6.52. The molecule has 6 rings (SSSR count). The number of carbonyl (C=O) groups is 1. The molecule has 6 nitrogen and oxygen atoms in total. The molecule has 0 saturated heterocycles. The number of carbonyl (C=O) groups excluding carboxylic acids is 1. The number of aromatic hydroxyl groups is 1.